The number of hydrogen-bond acceptors (Lipinski definition) is 4. The highest BCUT2D eigenvalue weighted by atomic mass is 19.1. The normalized spacial score (nSPS) is 14.2. The Bertz CT molecular complexity index is 770. The molecule has 0 aliphatic carbocycles. The van der Waals surface area contributed by atoms with Crippen molar-refractivity contribution in [2.75, 3.05) is 37.7 Å². The summed E-state index contributed by atoms with van der Waals surface area (Å²) in [7, 11) is 0. The minimum Gasteiger partial charge on any atom is -0.452 e. The Balaban J connectivity index is 1.47. The molecule has 1 aliphatic heterocycles. The molecule has 2 aromatic rings. The Kier molecular flexibility index (Phi) is 5.46. The lowest BCUT2D eigenvalue weighted by molar-refractivity contribution is -0.134. The van der Waals surface area contributed by atoms with Gasteiger partial charge in [0.1, 0.15) is 11.6 Å². The first-order chi connectivity index (χ1) is 12.5. The van der Waals surface area contributed by atoms with Gasteiger partial charge in [-0.15, -0.1) is 0 Å². The molecular formula is C19H18F2N2O3. The maximum atomic E-state index is 13.0. The summed E-state index contributed by atoms with van der Waals surface area (Å²) in [5.74, 6) is -1.68. The van der Waals surface area contributed by atoms with Crippen molar-refractivity contribution in [3.63, 3.8) is 0 Å². The van der Waals surface area contributed by atoms with Crippen molar-refractivity contribution in [1.82, 2.24) is 4.90 Å². The molecular weight excluding hydrogens is 342 g/mol. The summed E-state index contributed by atoms with van der Waals surface area (Å²) in [6, 6.07) is 11.2. The third-order valence-corrected chi connectivity index (χ3v) is 4.23. The average molecular weight is 360 g/mol. The van der Waals surface area contributed by atoms with Gasteiger partial charge in [0.15, 0.2) is 6.61 Å². The van der Waals surface area contributed by atoms with E-state index in [-0.39, 0.29) is 23.9 Å². The van der Waals surface area contributed by atoms with E-state index >= 15 is 0 Å². The predicted octanol–water partition coefficient (Wildman–Crippen LogP) is 2.47. The molecule has 3 rings (SSSR count). The van der Waals surface area contributed by atoms with E-state index in [1.165, 1.54) is 24.3 Å². The van der Waals surface area contributed by atoms with Crippen molar-refractivity contribution >= 4 is 17.6 Å². The number of benzene rings is 2. The van der Waals surface area contributed by atoms with Gasteiger partial charge in [-0.25, -0.2) is 13.6 Å². The van der Waals surface area contributed by atoms with Crippen molar-refractivity contribution < 1.29 is 23.1 Å². The molecule has 1 fully saturated rings. The summed E-state index contributed by atoms with van der Waals surface area (Å²) < 4.78 is 30.8. The molecule has 0 aromatic heterocycles. The summed E-state index contributed by atoms with van der Waals surface area (Å²) in [6.45, 7) is 1.86. The molecule has 0 spiro atoms. The summed E-state index contributed by atoms with van der Waals surface area (Å²) in [4.78, 5) is 27.7. The lowest BCUT2D eigenvalue weighted by atomic mass is 10.2. The molecule has 7 heteroatoms. The second-order valence-electron chi connectivity index (χ2n) is 5.93. The Labute approximate surface area is 149 Å². The monoisotopic (exact) mass is 360 g/mol. The third kappa shape index (κ3) is 4.36. The SMILES string of the molecule is O=C(OCC(=O)N1CCN(c2ccc(F)cc2)CC1)c1ccc(F)cc1. The second kappa shape index (κ2) is 7.95. The van der Waals surface area contributed by atoms with Gasteiger partial charge in [0.2, 0.25) is 0 Å². The number of hydrogen-bond donors (Lipinski definition) is 0. The molecule has 1 saturated heterocycles. The molecule has 0 saturated carbocycles. The van der Waals surface area contributed by atoms with E-state index in [1.807, 2.05) is 0 Å². The van der Waals surface area contributed by atoms with Gasteiger partial charge in [-0.1, -0.05) is 0 Å². The average Bonchev–Trinajstić information content (AvgIpc) is 2.67. The van der Waals surface area contributed by atoms with E-state index in [9.17, 15) is 18.4 Å². The summed E-state index contributed by atoms with van der Waals surface area (Å²) >= 11 is 0. The number of anilines is 1. The van der Waals surface area contributed by atoms with Crippen LogP contribution < -0.4 is 4.90 Å². The quantitative estimate of drug-likeness (QED) is 0.786. The zero-order valence-corrected chi connectivity index (χ0v) is 14.0. The number of carbonyl (C=O) groups is 2. The van der Waals surface area contributed by atoms with Gasteiger partial charge in [0, 0.05) is 31.9 Å². The van der Waals surface area contributed by atoms with E-state index in [4.69, 9.17) is 4.74 Å². The van der Waals surface area contributed by atoms with Gasteiger partial charge in [-0.3, -0.25) is 4.79 Å². The predicted molar refractivity (Wildman–Crippen MR) is 91.9 cm³/mol. The number of esters is 1. The minimum absolute atomic E-state index is 0.195. The van der Waals surface area contributed by atoms with E-state index in [0.29, 0.717) is 26.2 Å². The molecule has 5 nitrogen and oxygen atoms in total. The van der Waals surface area contributed by atoms with Gasteiger partial charge in [0.25, 0.3) is 5.91 Å². The van der Waals surface area contributed by atoms with E-state index < -0.39 is 11.8 Å². The number of carbonyl (C=O) groups excluding carboxylic acids is 2. The van der Waals surface area contributed by atoms with Crippen LogP contribution in [-0.4, -0.2) is 49.6 Å². The molecule has 1 heterocycles. The molecule has 0 bridgehead atoms. The fourth-order valence-corrected chi connectivity index (χ4v) is 2.75. The van der Waals surface area contributed by atoms with Gasteiger partial charge in [-0.2, -0.15) is 0 Å². The Morgan fingerprint density at radius 2 is 1.38 bits per heavy atom. The van der Waals surface area contributed by atoms with Crippen molar-refractivity contribution in [3.05, 3.63) is 65.7 Å². The summed E-state index contributed by atoms with van der Waals surface area (Å²) in [5.41, 5.74) is 1.10. The molecule has 2 aromatic carbocycles. The van der Waals surface area contributed by atoms with Crippen LogP contribution in [0.25, 0.3) is 0 Å². The van der Waals surface area contributed by atoms with Crippen molar-refractivity contribution in [2.24, 2.45) is 0 Å². The molecule has 26 heavy (non-hydrogen) atoms. The van der Waals surface area contributed by atoms with E-state index in [1.54, 1.807) is 17.0 Å². The zero-order chi connectivity index (χ0) is 18.5. The molecule has 136 valence electrons. The van der Waals surface area contributed by atoms with Crippen LogP contribution in [0.4, 0.5) is 14.5 Å². The highest BCUT2D eigenvalue weighted by molar-refractivity contribution is 5.91. The zero-order valence-electron chi connectivity index (χ0n) is 14.0. The number of rotatable bonds is 4. The Morgan fingerprint density at radius 1 is 0.846 bits per heavy atom. The molecule has 0 N–H and O–H groups in total. The molecule has 0 radical (unpaired) electrons. The van der Waals surface area contributed by atoms with E-state index in [2.05, 4.69) is 4.90 Å². The molecule has 0 atom stereocenters. The highest BCUT2D eigenvalue weighted by Gasteiger charge is 2.22. The number of nitrogens with zero attached hydrogens (tertiary/aromatic N) is 2. The highest BCUT2D eigenvalue weighted by Crippen LogP contribution is 2.17. The first kappa shape index (κ1) is 17.8. The molecule has 1 aliphatic rings. The largest absolute Gasteiger partial charge is 0.452 e. The van der Waals surface area contributed by atoms with Crippen molar-refractivity contribution in [2.45, 2.75) is 0 Å². The van der Waals surface area contributed by atoms with Crippen LogP contribution in [0, 0.1) is 11.6 Å². The van der Waals surface area contributed by atoms with Crippen LogP contribution in [0.2, 0.25) is 0 Å². The smallest absolute Gasteiger partial charge is 0.338 e. The molecule has 1 amide bonds. The van der Waals surface area contributed by atoms with Crippen molar-refractivity contribution in [3.8, 4) is 0 Å². The number of amides is 1. The van der Waals surface area contributed by atoms with Gasteiger partial charge >= 0.3 is 5.97 Å². The maximum absolute atomic E-state index is 13.0. The summed E-state index contributed by atoms with van der Waals surface area (Å²) in [5, 5.41) is 0. The van der Waals surface area contributed by atoms with Crippen molar-refractivity contribution in [1.29, 1.82) is 0 Å². The first-order valence-electron chi connectivity index (χ1n) is 8.24. The second-order valence-corrected chi connectivity index (χ2v) is 5.93. The number of halogens is 2. The van der Waals surface area contributed by atoms with E-state index in [0.717, 1.165) is 17.8 Å². The Hall–Kier alpha value is -2.96. The lowest BCUT2D eigenvalue weighted by Gasteiger charge is -2.36. The summed E-state index contributed by atoms with van der Waals surface area (Å²) in [6.07, 6.45) is 0. The van der Waals surface area contributed by atoms with Crippen LogP contribution in [0.1, 0.15) is 10.4 Å². The lowest BCUT2D eigenvalue weighted by Crippen LogP contribution is -2.49. The fraction of sp³-hybridized carbons (Fsp3) is 0.263. The van der Waals surface area contributed by atoms with Crippen LogP contribution in [-0.2, 0) is 9.53 Å². The third-order valence-electron chi connectivity index (χ3n) is 4.23. The Morgan fingerprint density at radius 3 is 1.96 bits per heavy atom. The van der Waals surface area contributed by atoms with Crippen LogP contribution >= 0.6 is 0 Å². The molecule has 0 unspecified atom stereocenters. The topological polar surface area (TPSA) is 49.9 Å². The maximum Gasteiger partial charge on any atom is 0.338 e. The van der Waals surface area contributed by atoms with Gasteiger partial charge < -0.3 is 14.5 Å². The standard InChI is InChI=1S/C19H18F2N2O3/c20-15-3-1-14(2-4-15)19(25)26-13-18(24)23-11-9-22(10-12-23)17-7-5-16(21)6-8-17/h1-8H,9-13H2. The van der Waals surface area contributed by atoms with Crippen LogP contribution in [0.5, 0.6) is 0 Å². The van der Waals surface area contributed by atoms with Gasteiger partial charge in [0.05, 0.1) is 5.56 Å². The van der Waals surface area contributed by atoms with Gasteiger partial charge in [-0.05, 0) is 48.5 Å². The van der Waals surface area contributed by atoms with Crippen LogP contribution in [0.3, 0.4) is 0 Å². The van der Waals surface area contributed by atoms with Crippen LogP contribution in [0.15, 0.2) is 48.5 Å². The first-order valence-corrected chi connectivity index (χ1v) is 8.24. The number of ether oxygens (including phenoxy) is 1. The number of piperazine rings is 1. The minimum atomic E-state index is -0.664. The fourth-order valence-electron chi connectivity index (χ4n) is 2.75.